The maximum Gasteiger partial charge on any atom is 0.677 e. The van der Waals surface area contributed by atoms with Gasteiger partial charge in [0.15, 0.2) is 0 Å². The van der Waals surface area contributed by atoms with Crippen LogP contribution in [0.2, 0.25) is 0 Å². The van der Waals surface area contributed by atoms with Gasteiger partial charge in [-0.3, -0.25) is 13.6 Å². The molecule has 27 heavy (non-hydrogen) atoms. The minimum Gasteiger partial charge on any atom is -0.329 e. The highest BCUT2D eigenvalue weighted by atomic mass is 19.2. The van der Waals surface area contributed by atoms with Gasteiger partial charge in [-0.05, 0) is 73.3 Å². The van der Waals surface area contributed by atoms with Gasteiger partial charge in [0.05, 0.1) is 5.70 Å². The van der Waals surface area contributed by atoms with Crippen LogP contribution >= 0.6 is 0 Å². The van der Waals surface area contributed by atoms with Crippen LogP contribution in [0.5, 0.6) is 0 Å². The summed E-state index contributed by atoms with van der Waals surface area (Å²) in [5, 5.41) is 0. The number of nitrogens with zero attached hydrogens (tertiary/aromatic N) is 2. The molecule has 0 amide bonds. The number of hydrogen-bond acceptors (Lipinski definition) is 1. The fourth-order valence-electron chi connectivity index (χ4n) is 4.95. The number of halogens is 2. The van der Waals surface area contributed by atoms with Crippen LogP contribution in [0.1, 0.15) is 84.8 Å². The van der Waals surface area contributed by atoms with E-state index in [4.69, 9.17) is 4.99 Å². The molecule has 0 unspecified atom stereocenters. The molecule has 0 aromatic carbocycles. The molecule has 148 valence electrons. The second kappa shape index (κ2) is 6.75. The Morgan fingerprint density at radius 3 is 1.81 bits per heavy atom. The van der Waals surface area contributed by atoms with Gasteiger partial charge in [-0.25, -0.2) is 0 Å². The van der Waals surface area contributed by atoms with E-state index in [-0.39, 0.29) is 10.8 Å². The summed E-state index contributed by atoms with van der Waals surface area (Å²) < 4.78 is 29.3. The van der Waals surface area contributed by atoms with Gasteiger partial charge in [-0.1, -0.05) is 41.5 Å². The highest BCUT2D eigenvalue weighted by Crippen LogP contribution is 2.42. The smallest absolute Gasteiger partial charge is 0.329 e. The Labute approximate surface area is 163 Å². The molecule has 1 aliphatic heterocycles. The Morgan fingerprint density at radius 1 is 0.926 bits per heavy atom. The standard InChI is InChI=1S/C22H33BF2N2/c1-12-17(21(6,7)8)15(4)26-19(12)14(3)20-13(2)18(22(9,10)11)16(5)27(20)23(24)25/h1-11H3/b19-14-. The number of aliphatic imine (C=N–C) groups is 1. The molecule has 1 aromatic rings. The molecule has 2 heterocycles. The molecule has 1 aromatic heterocycles. The zero-order valence-electron chi connectivity index (χ0n) is 18.7. The second-order valence-corrected chi connectivity index (χ2v) is 9.75. The third kappa shape index (κ3) is 3.57. The minimum absolute atomic E-state index is 0.0358. The SMILES string of the molecule is CC1=N/C(=C(/C)c2c(C)c(C(C)(C)C)c(C)n2B(F)F)C(C)=C1C(C)(C)C. The summed E-state index contributed by atoms with van der Waals surface area (Å²) in [6.07, 6.45) is 0. The maximum absolute atomic E-state index is 14.0. The van der Waals surface area contributed by atoms with Crippen molar-refractivity contribution in [3.05, 3.63) is 39.4 Å². The highest BCUT2D eigenvalue weighted by molar-refractivity contribution is 6.41. The fraction of sp³-hybridized carbons (Fsp3) is 0.591. The molecule has 0 radical (unpaired) electrons. The zero-order chi connectivity index (χ0) is 21.1. The van der Waals surface area contributed by atoms with E-state index < -0.39 is 7.40 Å². The molecule has 0 saturated heterocycles. The number of allylic oxidation sites excluding steroid dienone is 3. The second-order valence-electron chi connectivity index (χ2n) is 9.75. The van der Waals surface area contributed by atoms with Crippen LogP contribution in [-0.4, -0.2) is 17.6 Å². The van der Waals surface area contributed by atoms with Crippen molar-refractivity contribution in [1.82, 2.24) is 4.48 Å². The Kier molecular flexibility index (Phi) is 5.42. The molecule has 2 nitrogen and oxygen atoms in total. The van der Waals surface area contributed by atoms with Crippen LogP contribution in [0, 0.1) is 19.3 Å². The van der Waals surface area contributed by atoms with Crippen molar-refractivity contribution in [1.29, 1.82) is 0 Å². The van der Waals surface area contributed by atoms with Gasteiger partial charge in [0, 0.05) is 17.1 Å². The Bertz CT molecular complexity index is 870. The van der Waals surface area contributed by atoms with Crippen molar-refractivity contribution in [3.8, 4) is 0 Å². The molecule has 0 N–H and O–H groups in total. The van der Waals surface area contributed by atoms with Gasteiger partial charge in [-0.2, -0.15) is 0 Å². The minimum atomic E-state index is -2.58. The van der Waals surface area contributed by atoms with E-state index in [1.807, 2.05) is 20.8 Å². The first-order valence-electron chi connectivity index (χ1n) is 9.59. The van der Waals surface area contributed by atoms with E-state index in [0.29, 0.717) is 11.4 Å². The molecular weight excluding hydrogens is 341 g/mol. The van der Waals surface area contributed by atoms with Crippen molar-refractivity contribution in [2.24, 2.45) is 10.4 Å². The Morgan fingerprint density at radius 2 is 1.44 bits per heavy atom. The van der Waals surface area contributed by atoms with Crippen molar-refractivity contribution < 1.29 is 8.63 Å². The lowest BCUT2D eigenvalue weighted by Crippen LogP contribution is -2.19. The predicted octanol–water partition coefficient (Wildman–Crippen LogP) is 6.74. The van der Waals surface area contributed by atoms with Gasteiger partial charge in [0.2, 0.25) is 0 Å². The maximum atomic E-state index is 14.0. The van der Waals surface area contributed by atoms with E-state index in [0.717, 1.165) is 33.7 Å². The van der Waals surface area contributed by atoms with Gasteiger partial charge in [0.25, 0.3) is 0 Å². The van der Waals surface area contributed by atoms with E-state index >= 15 is 0 Å². The van der Waals surface area contributed by atoms with Crippen LogP contribution in [0.4, 0.5) is 8.63 Å². The molecule has 2 rings (SSSR count). The Balaban J connectivity index is 2.88. The van der Waals surface area contributed by atoms with Crippen LogP contribution in [-0.2, 0) is 5.41 Å². The van der Waals surface area contributed by atoms with E-state index in [2.05, 4.69) is 48.5 Å². The average molecular weight is 374 g/mol. The lowest BCUT2D eigenvalue weighted by molar-refractivity contribution is 0.522. The van der Waals surface area contributed by atoms with Crippen molar-refractivity contribution >= 4 is 18.7 Å². The summed E-state index contributed by atoms with van der Waals surface area (Å²) >= 11 is 0. The normalized spacial score (nSPS) is 17.6. The average Bonchev–Trinajstić information content (AvgIpc) is 2.90. The first kappa shape index (κ1) is 21.7. The van der Waals surface area contributed by atoms with Crippen LogP contribution in [0.3, 0.4) is 0 Å². The van der Waals surface area contributed by atoms with E-state index in [1.165, 1.54) is 10.1 Å². The van der Waals surface area contributed by atoms with Crippen LogP contribution in [0.25, 0.3) is 5.57 Å². The zero-order valence-corrected chi connectivity index (χ0v) is 18.7. The summed E-state index contributed by atoms with van der Waals surface area (Å²) in [4.78, 5) is 4.80. The summed E-state index contributed by atoms with van der Waals surface area (Å²) in [5.41, 5.74) is 7.86. The van der Waals surface area contributed by atoms with E-state index in [9.17, 15) is 8.63 Å². The first-order valence-corrected chi connectivity index (χ1v) is 9.59. The number of hydrogen-bond donors (Lipinski definition) is 0. The van der Waals surface area contributed by atoms with Crippen LogP contribution in [0.15, 0.2) is 21.8 Å². The van der Waals surface area contributed by atoms with Gasteiger partial charge in [-0.15, -0.1) is 0 Å². The van der Waals surface area contributed by atoms with Gasteiger partial charge < -0.3 is 4.48 Å². The molecule has 5 heteroatoms. The number of aromatic nitrogens is 1. The van der Waals surface area contributed by atoms with Crippen molar-refractivity contribution in [2.75, 3.05) is 0 Å². The fourth-order valence-corrected chi connectivity index (χ4v) is 4.95. The largest absolute Gasteiger partial charge is 0.677 e. The van der Waals surface area contributed by atoms with E-state index in [1.54, 1.807) is 6.92 Å². The lowest BCUT2D eigenvalue weighted by Gasteiger charge is -2.22. The predicted molar refractivity (Wildman–Crippen MR) is 114 cm³/mol. The third-order valence-corrected chi connectivity index (χ3v) is 5.47. The quantitative estimate of drug-likeness (QED) is 0.510. The van der Waals surface area contributed by atoms with Crippen molar-refractivity contribution in [2.45, 2.75) is 81.6 Å². The molecule has 0 saturated carbocycles. The monoisotopic (exact) mass is 374 g/mol. The third-order valence-electron chi connectivity index (χ3n) is 5.47. The highest BCUT2D eigenvalue weighted by Gasteiger charge is 2.34. The molecule has 0 bridgehead atoms. The molecule has 0 fully saturated rings. The van der Waals surface area contributed by atoms with Gasteiger partial charge in [0.1, 0.15) is 0 Å². The molecule has 0 aliphatic carbocycles. The lowest BCUT2D eigenvalue weighted by atomic mass is 9.81. The first-order chi connectivity index (χ1) is 12.1. The van der Waals surface area contributed by atoms with Crippen LogP contribution < -0.4 is 0 Å². The molecule has 1 aliphatic rings. The molecule has 0 atom stereocenters. The summed E-state index contributed by atoms with van der Waals surface area (Å²) in [6.45, 7) is 22.5. The molecular formula is C22H33BF2N2. The summed E-state index contributed by atoms with van der Waals surface area (Å²) in [6, 6.07) is 0. The molecule has 0 spiro atoms. The topological polar surface area (TPSA) is 17.3 Å². The van der Waals surface area contributed by atoms with Crippen molar-refractivity contribution in [3.63, 3.8) is 0 Å². The summed E-state index contributed by atoms with van der Waals surface area (Å²) in [7, 11) is -2.58. The Hall–Kier alpha value is -1.65. The number of rotatable bonds is 2. The summed E-state index contributed by atoms with van der Waals surface area (Å²) in [5.74, 6) is 0. The van der Waals surface area contributed by atoms with Gasteiger partial charge >= 0.3 is 7.40 Å².